The molecule has 1 aliphatic heterocycles. The van der Waals surface area contributed by atoms with Crippen molar-refractivity contribution in [1.29, 1.82) is 0 Å². The number of hydrogen-bond donors (Lipinski definition) is 0. The van der Waals surface area contributed by atoms with E-state index in [0.29, 0.717) is 11.3 Å². The number of carbonyl (C=O) groups is 1. The Bertz CT molecular complexity index is 344. The van der Waals surface area contributed by atoms with Crippen LogP contribution in [0.25, 0.3) is 5.57 Å². The predicted octanol–water partition coefficient (Wildman–Crippen LogP) is 1.24. The first-order valence-electron chi connectivity index (χ1n) is 3.29. The zero-order valence-electron chi connectivity index (χ0n) is 6.83. The van der Waals surface area contributed by atoms with Gasteiger partial charge in [0.25, 0.3) is 0 Å². The molecule has 2 rings (SSSR count). The van der Waals surface area contributed by atoms with Crippen LogP contribution in [0.15, 0.2) is 30.8 Å². The Hall–Kier alpha value is 0.0664. The van der Waals surface area contributed by atoms with Crippen molar-refractivity contribution in [3.8, 4) is 5.75 Å². The normalized spacial score (nSPS) is 13.3. The minimum Gasteiger partial charge on any atom is -0.422 e. The Morgan fingerprint density at radius 2 is 1.92 bits per heavy atom. The molecular formula is C9H6KO2. The molecule has 0 atom stereocenters. The molecule has 1 aromatic rings. The van der Waals surface area contributed by atoms with Crippen LogP contribution in [-0.2, 0) is 4.79 Å². The van der Waals surface area contributed by atoms with Gasteiger partial charge in [-0.15, -0.1) is 0 Å². The van der Waals surface area contributed by atoms with Crippen LogP contribution >= 0.6 is 0 Å². The summed E-state index contributed by atoms with van der Waals surface area (Å²) >= 11 is 0. The SMILES string of the molecule is C=C1C(=O)Oc2ccccc21.[K]. The molecule has 0 amide bonds. The maximum atomic E-state index is 10.9. The molecule has 0 aliphatic carbocycles. The van der Waals surface area contributed by atoms with E-state index in [9.17, 15) is 4.79 Å². The molecule has 55 valence electrons. The standard InChI is InChI=1S/C9H6O2.K/c1-6-7-4-2-3-5-8(7)11-9(6)10;/h2-5H,1H2;. The first-order chi connectivity index (χ1) is 5.29. The third-order valence-electron chi connectivity index (χ3n) is 1.66. The zero-order chi connectivity index (χ0) is 7.84. The van der Waals surface area contributed by atoms with Crippen molar-refractivity contribution >= 4 is 62.9 Å². The van der Waals surface area contributed by atoms with Gasteiger partial charge in [0.05, 0.1) is 5.57 Å². The first kappa shape index (κ1) is 10.1. The van der Waals surface area contributed by atoms with Crippen molar-refractivity contribution in [2.24, 2.45) is 0 Å². The van der Waals surface area contributed by atoms with Crippen LogP contribution in [0.5, 0.6) is 5.75 Å². The van der Waals surface area contributed by atoms with Gasteiger partial charge in [0.2, 0.25) is 0 Å². The van der Waals surface area contributed by atoms with Gasteiger partial charge in [0, 0.05) is 56.9 Å². The topological polar surface area (TPSA) is 26.3 Å². The van der Waals surface area contributed by atoms with E-state index in [1.807, 2.05) is 18.2 Å². The monoisotopic (exact) mass is 185 g/mol. The van der Waals surface area contributed by atoms with Gasteiger partial charge >= 0.3 is 5.97 Å². The molecule has 0 spiro atoms. The van der Waals surface area contributed by atoms with Crippen LogP contribution in [0.1, 0.15) is 5.56 Å². The molecule has 0 bridgehead atoms. The van der Waals surface area contributed by atoms with Gasteiger partial charge < -0.3 is 4.74 Å². The van der Waals surface area contributed by atoms with Crippen LogP contribution in [0.2, 0.25) is 0 Å². The number of rotatable bonds is 0. The molecule has 1 heterocycles. The van der Waals surface area contributed by atoms with E-state index in [4.69, 9.17) is 4.74 Å². The summed E-state index contributed by atoms with van der Waals surface area (Å²) in [6, 6.07) is 7.25. The Kier molecular flexibility index (Phi) is 3.26. The third-order valence-corrected chi connectivity index (χ3v) is 1.66. The van der Waals surface area contributed by atoms with Gasteiger partial charge in [0.1, 0.15) is 5.75 Å². The maximum absolute atomic E-state index is 10.9. The second-order valence-corrected chi connectivity index (χ2v) is 2.36. The number of esters is 1. The van der Waals surface area contributed by atoms with Crippen LogP contribution in [0.4, 0.5) is 0 Å². The van der Waals surface area contributed by atoms with E-state index in [2.05, 4.69) is 6.58 Å². The Morgan fingerprint density at radius 3 is 2.58 bits per heavy atom. The van der Waals surface area contributed by atoms with Crippen molar-refractivity contribution in [1.82, 2.24) is 0 Å². The Labute approximate surface area is 113 Å². The van der Waals surface area contributed by atoms with Crippen LogP contribution in [0.3, 0.4) is 0 Å². The molecule has 0 saturated carbocycles. The zero-order valence-corrected chi connectivity index (χ0v) is 9.96. The number of fused-ring (bicyclic) bond motifs is 1. The van der Waals surface area contributed by atoms with Crippen molar-refractivity contribution in [2.75, 3.05) is 0 Å². The summed E-state index contributed by atoms with van der Waals surface area (Å²) in [4.78, 5) is 10.9. The molecule has 1 aromatic carbocycles. The molecule has 1 aliphatic rings. The fraction of sp³-hybridized carbons (Fsp3) is 0. The van der Waals surface area contributed by atoms with E-state index in [-0.39, 0.29) is 57.4 Å². The molecule has 0 unspecified atom stereocenters. The molecule has 3 heteroatoms. The summed E-state index contributed by atoms with van der Waals surface area (Å²) in [5.74, 6) is 0.272. The number of hydrogen-bond acceptors (Lipinski definition) is 2. The molecule has 0 fully saturated rings. The number of benzene rings is 1. The van der Waals surface area contributed by atoms with Gasteiger partial charge in [-0.05, 0) is 6.07 Å². The Morgan fingerprint density at radius 1 is 1.25 bits per heavy atom. The minimum atomic E-state index is -0.341. The molecule has 12 heavy (non-hydrogen) atoms. The van der Waals surface area contributed by atoms with Gasteiger partial charge in [-0.2, -0.15) is 0 Å². The third kappa shape index (κ3) is 1.56. The van der Waals surface area contributed by atoms with E-state index in [1.165, 1.54) is 0 Å². The van der Waals surface area contributed by atoms with Gasteiger partial charge in [0.15, 0.2) is 0 Å². The molecule has 1 radical (unpaired) electrons. The first-order valence-corrected chi connectivity index (χ1v) is 3.29. The fourth-order valence-electron chi connectivity index (χ4n) is 1.08. The van der Waals surface area contributed by atoms with E-state index in [0.717, 1.165) is 5.56 Å². The van der Waals surface area contributed by atoms with Gasteiger partial charge in [-0.1, -0.05) is 24.8 Å². The average Bonchev–Trinajstić information content (AvgIpc) is 2.30. The maximum Gasteiger partial charge on any atom is 0.343 e. The molecular weight excluding hydrogens is 179 g/mol. The number of ether oxygens (including phenoxy) is 1. The van der Waals surface area contributed by atoms with Crippen molar-refractivity contribution in [3.05, 3.63) is 36.4 Å². The predicted molar refractivity (Wildman–Crippen MR) is 46.9 cm³/mol. The second-order valence-electron chi connectivity index (χ2n) is 2.36. The second kappa shape index (κ2) is 3.85. The summed E-state index contributed by atoms with van der Waals surface area (Å²) < 4.78 is 4.88. The quantitative estimate of drug-likeness (QED) is 0.263. The van der Waals surface area contributed by atoms with Crippen LogP contribution in [0, 0.1) is 0 Å². The summed E-state index contributed by atoms with van der Waals surface area (Å²) in [6.07, 6.45) is 0. The summed E-state index contributed by atoms with van der Waals surface area (Å²) in [7, 11) is 0. The molecule has 0 saturated heterocycles. The van der Waals surface area contributed by atoms with Gasteiger partial charge in [-0.25, -0.2) is 4.79 Å². The summed E-state index contributed by atoms with van der Waals surface area (Å²) in [6.45, 7) is 3.60. The molecule has 0 N–H and O–H groups in total. The summed E-state index contributed by atoms with van der Waals surface area (Å²) in [5.41, 5.74) is 1.25. The number of carbonyl (C=O) groups excluding carboxylic acids is 1. The van der Waals surface area contributed by atoms with Crippen molar-refractivity contribution < 1.29 is 9.53 Å². The summed E-state index contributed by atoms with van der Waals surface area (Å²) in [5, 5.41) is 0. The largest absolute Gasteiger partial charge is 0.422 e. The average molecular weight is 185 g/mol. The van der Waals surface area contributed by atoms with E-state index in [1.54, 1.807) is 6.07 Å². The fourth-order valence-corrected chi connectivity index (χ4v) is 1.08. The van der Waals surface area contributed by atoms with Crippen LogP contribution in [-0.4, -0.2) is 57.4 Å². The van der Waals surface area contributed by atoms with Crippen LogP contribution < -0.4 is 4.74 Å². The van der Waals surface area contributed by atoms with Crippen molar-refractivity contribution in [2.45, 2.75) is 0 Å². The van der Waals surface area contributed by atoms with Gasteiger partial charge in [-0.3, -0.25) is 0 Å². The Balaban J connectivity index is 0.000000720. The molecule has 2 nitrogen and oxygen atoms in total. The molecule has 0 aromatic heterocycles. The minimum absolute atomic E-state index is 0. The van der Waals surface area contributed by atoms with Crippen molar-refractivity contribution in [3.63, 3.8) is 0 Å². The number of para-hydroxylation sites is 1. The smallest absolute Gasteiger partial charge is 0.343 e. The van der Waals surface area contributed by atoms with E-state index < -0.39 is 0 Å². The van der Waals surface area contributed by atoms with E-state index >= 15 is 0 Å².